The van der Waals surface area contributed by atoms with Crippen molar-refractivity contribution in [2.24, 2.45) is 10.2 Å². The average molecular weight is 819 g/mol. The maximum absolute atomic E-state index is 8.52. The fourth-order valence-corrected chi connectivity index (χ4v) is 11.0. The van der Waals surface area contributed by atoms with Crippen molar-refractivity contribution in [3.8, 4) is 11.5 Å². The highest BCUT2D eigenvalue weighted by molar-refractivity contribution is 14.1. The molecule has 0 saturated carbocycles. The van der Waals surface area contributed by atoms with Crippen molar-refractivity contribution in [1.82, 2.24) is 0 Å². The molecule has 0 aliphatic heterocycles. The highest BCUT2D eigenvalue weighted by atomic mass is 127. The molecule has 41 heavy (non-hydrogen) atoms. The normalized spacial score (nSPS) is 9.95. The number of halogens is 3. The summed E-state index contributed by atoms with van der Waals surface area (Å²) >= 11 is 8.90. The lowest BCUT2D eigenvalue weighted by atomic mass is 10.2. The Bertz CT molecular complexity index is 1170. The smallest absolute Gasteiger partial charge is 0.125 e. The minimum Gasteiger partial charge on any atom is -0.125 e. The van der Waals surface area contributed by atoms with Gasteiger partial charge in [0.2, 0.25) is 0 Å². The SMILES string of the molecule is CC(C)[Si](C#Cc1ccc(N=[N+]=[N-])c(Br)c1)(C(C)C)C(C)C.CCCC.CCCC.[N-]=[N+]=Nc1ccc(I)cc1Br. The molecule has 0 bridgehead atoms. The van der Waals surface area contributed by atoms with E-state index >= 15 is 0 Å². The van der Waals surface area contributed by atoms with E-state index in [2.05, 4.69) is 155 Å². The molecule has 2 rings (SSSR count). The lowest BCUT2D eigenvalue weighted by Crippen LogP contribution is -2.43. The van der Waals surface area contributed by atoms with Crippen LogP contribution in [-0.2, 0) is 0 Å². The maximum Gasteiger partial charge on any atom is 0.146 e. The third-order valence-corrected chi connectivity index (χ3v) is 14.7. The standard InChI is InChI=1S/C17H24BrN3Si.C6H3BrIN3.2C4H10/c1-12(2)22(13(3)4,14(5)6)10-9-15-7-8-17(20-21-19)16(18)11-15;7-5-3-4(8)1-2-6(5)10-11-9;2*1-3-4-2/h7-8,11-14H,1-6H3;1-3H;2*3-4H2,1-2H3. The zero-order valence-corrected chi connectivity index (χ0v) is 32.7. The van der Waals surface area contributed by atoms with Crippen LogP contribution in [-0.4, -0.2) is 8.07 Å². The number of nitrogens with zero attached hydrogens (tertiary/aromatic N) is 6. The van der Waals surface area contributed by atoms with E-state index in [1.54, 1.807) is 12.1 Å². The number of hydrogen-bond acceptors (Lipinski definition) is 2. The van der Waals surface area contributed by atoms with Crippen molar-refractivity contribution in [3.05, 3.63) is 75.4 Å². The van der Waals surface area contributed by atoms with Gasteiger partial charge in [0, 0.05) is 27.9 Å². The molecule has 0 atom stereocenters. The first-order valence-electron chi connectivity index (χ1n) is 14.2. The summed E-state index contributed by atoms with van der Waals surface area (Å²) in [5.41, 5.74) is 24.4. The van der Waals surface area contributed by atoms with Crippen molar-refractivity contribution in [2.75, 3.05) is 0 Å². The summed E-state index contributed by atoms with van der Waals surface area (Å²) in [6, 6.07) is 11.2. The highest BCUT2D eigenvalue weighted by Crippen LogP contribution is 2.41. The largest absolute Gasteiger partial charge is 0.146 e. The predicted octanol–water partition coefficient (Wildman–Crippen LogP) is 14.6. The van der Waals surface area contributed by atoms with Gasteiger partial charge in [-0.3, -0.25) is 0 Å². The van der Waals surface area contributed by atoms with Gasteiger partial charge in [0.15, 0.2) is 0 Å². The van der Waals surface area contributed by atoms with E-state index < -0.39 is 8.07 Å². The molecule has 10 heteroatoms. The molecule has 0 radical (unpaired) electrons. The second kappa shape index (κ2) is 24.0. The Morgan fingerprint density at radius 2 is 1.12 bits per heavy atom. The predicted molar refractivity (Wildman–Crippen MR) is 198 cm³/mol. The van der Waals surface area contributed by atoms with Gasteiger partial charge in [0.1, 0.15) is 8.07 Å². The third-order valence-electron chi connectivity index (χ3n) is 6.45. The van der Waals surface area contributed by atoms with E-state index in [9.17, 15) is 0 Å². The van der Waals surface area contributed by atoms with Crippen LogP contribution in [0.3, 0.4) is 0 Å². The molecule has 0 fully saturated rings. The molecule has 0 unspecified atom stereocenters. The molecule has 0 saturated heterocycles. The van der Waals surface area contributed by atoms with Crippen LogP contribution in [0.15, 0.2) is 55.6 Å². The quantitative estimate of drug-likeness (QED) is 0.0664. The molecule has 0 aromatic heterocycles. The van der Waals surface area contributed by atoms with Crippen molar-refractivity contribution in [2.45, 2.75) is 112 Å². The van der Waals surface area contributed by atoms with Crippen LogP contribution in [0.5, 0.6) is 0 Å². The molecule has 0 aliphatic carbocycles. The topological polar surface area (TPSA) is 97.5 Å². The summed E-state index contributed by atoms with van der Waals surface area (Å²) in [6.45, 7) is 22.6. The fraction of sp³-hybridized carbons (Fsp3) is 0.548. The number of unbranched alkanes of at least 4 members (excludes halogenated alkanes) is 2. The second-order valence-corrected chi connectivity index (χ2v) is 18.8. The lowest BCUT2D eigenvalue weighted by molar-refractivity contribution is 0.838. The Balaban J connectivity index is 0. The van der Waals surface area contributed by atoms with Gasteiger partial charge in [0.05, 0.1) is 11.4 Å². The first kappa shape index (κ1) is 41.7. The van der Waals surface area contributed by atoms with Crippen molar-refractivity contribution in [3.63, 3.8) is 0 Å². The van der Waals surface area contributed by atoms with Gasteiger partial charge >= 0.3 is 0 Å². The molecule has 0 heterocycles. The zero-order chi connectivity index (χ0) is 32.0. The number of rotatable bonds is 7. The van der Waals surface area contributed by atoms with Crippen LogP contribution in [0.4, 0.5) is 11.4 Å². The van der Waals surface area contributed by atoms with Crippen LogP contribution in [0.25, 0.3) is 20.9 Å². The molecule has 6 nitrogen and oxygen atoms in total. The highest BCUT2D eigenvalue weighted by Gasteiger charge is 2.41. The average Bonchev–Trinajstić information content (AvgIpc) is 2.92. The Hall–Kier alpha value is -1.47. The molecule has 0 aliphatic rings. The van der Waals surface area contributed by atoms with E-state index in [0.29, 0.717) is 28.0 Å². The summed E-state index contributed by atoms with van der Waals surface area (Å²) in [5, 5.41) is 7.11. The molecule has 0 amide bonds. The summed E-state index contributed by atoms with van der Waals surface area (Å²) in [6.07, 6.45) is 5.28. The van der Waals surface area contributed by atoms with Crippen LogP contribution >= 0.6 is 54.5 Å². The van der Waals surface area contributed by atoms with Crippen molar-refractivity contribution in [1.29, 1.82) is 0 Å². The summed E-state index contributed by atoms with van der Waals surface area (Å²) < 4.78 is 2.71. The van der Waals surface area contributed by atoms with Gasteiger partial charge in [-0.1, -0.05) is 155 Å². The van der Waals surface area contributed by atoms with E-state index in [-0.39, 0.29) is 0 Å². The molecular formula is C31H47Br2IN6Si. The van der Waals surface area contributed by atoms with Crippen LogP contribution in [0, 0.1) is 15.0 Å². The molecule has 0 spiro atoms. The maximum atomic E-state index is 8.52. The Morgan fingerprint density at radius 3 is 1.44 bits per heavy atom. The summed E-state index contributed by atoms with van der Waals surface area (Å²) in [7, 11) is -1.71. The second-order valence-electron chi connectivity index (χ2n) is 10.3. The van der Waals surface area contributed by atoms with E-state index in [0.717, 1.165) is 18.1 Å². The monoisotopic (exact) mass is 816 g/mol. The van der Waals surface area contributed by atoms with Crippen molar-refractivity contribution < 1.29 is 0 Å². The van der Waals surface area contributed by atoms with Gasteiger partial charge in [-0.25, -0.2) is 0 Å². The Kier molecular flexibility index (Phi) is 24.4. The van der Waals surface area contributed by atoms with E-state index in [4.69, 9.17) is 11.1 Å². The molecule has 2 aromatic carbocycles. The molecule has 226 valence electrons. The van der Waals surface area contributed by atoms with Gasteiger partial charge in [0.25, 0.3) is 0 Å². The van der Waals surface area contributed by atoms with E-state index in [1.165, 1.54) is 25.7 Å². The summed E-state index contributed by atoms with van der Waals surface area (Å²) in [5.74, 6) is 3.39. The first-order chi connectivity index (χ1) is 19.3. The third kappa shape index (κ3) is 16.1. The molecule has 0 N–H and O–H groups in total. The van der Waals surface area contributed by atoms with Crippen molar-refractivity contribution >= 4 is 73.9 Å². The fourth-order valence-electron chi connectivity index (χ4n) is 3.94. The van der Waals surface area contributed by atoms with Gasteiger partial charge in [-0.2, -0.15) is 0 Å². The molecule has 2 aromatic rings. The number of benzene rings is 2. The van der Waals surface area contributed by atoms with E-state index in [1.807, 2.05) is 24.3 Å². The minimum atomic E-state index is -1.71. The zero-order valence-electron chi connectivity index (χ0n) is 26.3. The van der Waals surface area contributed by atoms with Crippen LogP contribution in [0.1, 0.15) is 100 Å². The lowest BCUT2D eigenvalue weighted by Gasteiger charge is -2.38. The van der Waals surface area contributed by atoms with Gasteiger partial charge < -0.3 is 0 Å². The number of azide groups is 2. The summed E-state index contributed by atoms with van der Waals surface area (Å²) in [4.78, 5) is 5.51. The number of hydrogen-bond donors (Lipinski definition) is 0. The molecular weight excluding hydrogens is 771 g/mol. The first-order valence-corrected chi connectivity index (χ1v) is 19.1. The minimum absolute atomic E-state index is 0.591. The Morgan fingerprint density at radius 1 is 0.732 bits per heavy atom. The van der Waals surface area contributed by atoms with Crippen LogP contribution in [0.2, 0.25) is 16.6 Å². The van der Waals surface area contributed by atoms with Gasteiger partial charge in [-0.05, 0) is 74.5 Å². The Labute approximate surface area is 280 Å². The van der Waals surface area contributed by atoms with Crippen LogP contribution < -0.4 is 0 Å². The van der Waals surface area contributed by atoms with Gasteiger partial charge in [-0.15, -0.1) is 5.54 Å².